The zero-order valence-electron chi connectivity index (χ0n) is 8.89. The molecule has 0 amide bonds. The second kappa shape index (κ2) is 5.28. The first-order valence-corrected chi connectivity index (χ1v) is 6.75. The molecule has 0 aromatic heterocycles. The van der Waals surface area contributed by atoms with Gasteiger partial charge in [0, 0.05) is 0 Å². The summed E-state index contributed by atoms with van der Waals surface area (Å²) in [6, 6.07) is 9.85. The molecule has 1 atom stereocenters. The Bertz CT molecular complexity index is 384. The van der Waals surface area contributed by atoms with Crippen LogP contribution in [0.1, 0.15) is 18.9 Å². The lowest BCUT2D eigenvalue weighted by atomic mass is 10.1. The van der Waals surface area contributed by atoms with Crippen LogP contribution in [0.5, 0.6) is 0 Å². The Labute approximate surface area is 91.2 Å². The van der Waals surface area contributed by atoms with E-state index in [0.717, 1.165) is 12.0 Å². The average molecular weight is 227 g/mol. The van der Waals surface area contributed by atoms with E-state index in [4.69, 9.17) is 5.73 Å². The Balaban J connectivity index is 2.41. The molecule has 1 aromatic rings. The van der Waals surface area contributed by atoms with Crippen LogP contribution in [0.15, 0.2) is 30.3 Å². The molecule has 1 aromatic carbocycles. The first-order valence-electron chi connectivity index (χ1n) is 5.03. The molecule has 2 N–H and O–H groups in total. The molecule has 0 radical (unpaired) electrons. The third-order valence-electron chi connectivity index (χ3n) is 2.30. The SMILES string of the molecule is CC(N)S(=O)(=O)CCCc1ccccc1. The van der Waals surface area contributed by atoms with E-state index < -0.39 is 15.2 Å². The summed E-state index contributed by atoms with van der Waals surface area (Å²) in [7, 11) is -3.09. The van der Waals surface area contributed by atoms with Crippen LogP contribution >= 0.6 is 0 Å². The van der Waals surface area contributed by atoms with Gasteiger partial charge in [0.05, 0.1) is 5.75 Å². The lowest BCUT2D eigenvalue weighted by molar-refractivity contribution is 0.582. The van der Waals surface area contributed by atoms with Gasteiger partial charge in [-0.2, -0.15) is 0 Å². The molecule has 3 nitrogen and oxygen atoms in total. The number of benzene rings is 1. The smallest absolute Gasteiger partial charge is 0.165 e. The molecule has 4 heteroatoms. The Morgan fingerprint density at radius 3 is 2.40 bits per heavy atom. The highest BCUT2D eigenvalue weighted by atomic mass is 32.2. The van der Waals surface area contributed by atoms with Crippen LogP contribution in [0.4, 0.5) is 0 Å². The van der Waals surface area contributed by atoms with Gasteiger partial charge in [-0.3, -0.25) is 0 Å². The zero-order valence-corrected chi connectivity index (χ0v) is 9.70. The molecule has 0 heterocycles. The summed E-state index contributed by atoms with van der Waals surface area (Å²) in [5, 5.41) is -0.756. The highest BCUT2D eigenvalue weighted by molar-refractivity contribution is 7.91. The van der Waals surface area contributed by atoms with Crippen LogP contribution in [0.3, 0.4) is 0 Å². The van der Waals surface area contributed by atoms with E-state index in [-0.39, 0.29) is 5.75 Å². The van der Waals surface area contributed by atoms with E-state index in [0.29, 0.717) is 6.42 Å². The van der Waals surface area contributed by atoms with E-state index in [9.17, 15) is 8.42 Å². The van der Waals surface area contributed by atoms with Gasteiger partial charge in [0.25, 0.3) is 0 Å². The first kappa shape index (κ1) is 12.2. The van der Waals surface area contributed by atoms with Crippen molar-refractivity contribution in [2.45, 2.75) is 25.1 Å². The Morgan fingerprint density at radius 2 is 1.87 bits per heavy atom. The van der Waals surface area contributed by atoms with Crippen LogP contribution in [0.25, 0.3) is 0 Å². The maximum atomic E-state index is 11.4. The molecule has 0 fully saturated rings. The topological polar surface area (TPSA) is 60.2 Å². The van der Waals surface area contributed by atoms with Gasteiger partial charge in [0.15, 0.2) is 9.84 Å². The lowest BCUT2D eigenvalue weighted by Crippen LogP contribution is -2.29. The predicted octanol–water partition coefficient (Wildman–Crippen LogP) is 1.34. The minimum Gasteiger partial charge on any atom is -0.315 e. The fourth-order valence-corrected chi connectivity index (χ4v) is 2.23. The number of sulfone groups is 1. The second-order valence-electron chi connectivity index (χ2n) is 3.66. The molecule has 15 heavy (non-hydrogen) atoms. The highest BCUT2D eigenvalue weighted by Crippen LogP contribution is 2.05. The number of hydrogen-bond acceptors (Lipinski definition) is 3. The van der Waals surface area contributed by atoms with E-state index in [2.05, 4.69) is 0 Å². The Kier molecular flexibility index (Phi) is 4.29. The summed E-state index contributed by atoms with van der Waals surface area (Å²) >= 11 is 0. The minimum atomic E-state index is -3.09. The van der Waals surface area contributed by atoms with Crippen molar-refractivity contribution in [2.24, 2.45) is 5.73 Å². The summed E-state index contributed by atoms with van der Waals surface area (Å²) in [5.41, 5.74) is 6.53. The number of rotatable bonds is 5. The molecule has 0 aliphatic rings. The summed E-state index contributed by atoms with van der Waals surface area (Å²) in [4.78, 5) is 0. The van der Waals surface area contributed by atoms with Crippen molar-refractivity contribution < 1.29 is 8.42 Å². The van der Waals surface area contributed by atoms with Crippen molar-refractivity contribution in [2.75, 3.05) is 5.75 Å². The summed E-state index contributed by atoms with van der Waals surface area (Å²) < 4.78 is 22.8. The molecule has 0 saturated carbocycles. The van der Waals surface area contributed by atoms with Crippen molar-refractivity contribution in [3.8, 4) is 0 Å². The monoisotopic (exact) mass is 227 g/mol. The number of nitrogens with two attached hydrogens (primary N) is 1. The minimum absolute atomic E-state index is 0.166. The van der Waals surface area contributed by atoms with E-state index in [1.165, 1.54) is 6.92 Å². The summed E-state index contributed by atoms with van der Waals surface area (Å²) in [6.45, 7) is 1.51. The molecule has 84 valence electrons. The Hall–Kier alpha value is -0.870. The molecule has 1 rings (SSSR count). The van der Waals surface area contributed by atoms with Gasteiger partial charge in [-0.05, 0) is 25.3 Å². The first-order chi connectivity index (χ1) is 7.02. The van der Waals surface area contributed by atoms with Crippen molar-refractivity contribution in [3.63, 3.8) is 0 Å². The summed E-state index contributed by atoms with van der Waals surface area (Å²) in [5.74, 6) is 0.166. The van der Waals surface area contributed by atoms with E-state index in [1.807, 2.05) is 30.3 Å². The molecule has 0 aliphatic carbocycles. The largest absolute Gasteiger partial charge is 0.315 e. The fraction of sp³-hybridized carbons (Fsp3) is 0.455. The highest BCUT2D eigenvalue weighted by Gasteiger charge is 2.15. The van der Waals surface area contributed by atoms with Crippen LogP contribution in [0, 0.1) is 0 Å². The van der Waals surface area contributed by atoms with E-state index >= 15 is 0 Å². The van der Waals surface area contributed by atoms with Crippen molar-refractivity contribution in [1.29, 1.82) is 0 Å². The third kappa shape index (κ3) is 4.01. The quantitative estimate of drug-likeness (QED) is 0.825. The van der Waals surface area contributed by atoms with Crippen molar-refractivity contribution in [1.82, 2.24) is 0 Å². The fourth-order valence-electron chi connectivity index (χ4n) is 1.31. The molecular formula is C11H17NO2S. The van der Waals surface area contributed by atoms with Crippen LogP contribution in [-0.4, -0.2) is 19.5 Å². The van der Waals surface area contributed by atoms with Gasteiger partial charge < -0.3 is 5.73 Å². The Morgan fingerprint density at radius 1 is 1.27 bits per heavy atom. The van der Waals surface area contributed by atoms with Gasteiger partial charge in [-0.15, -0.1) is 0 Å². The molecule has 0 bridgehead atoms. The zero-order chi connectivity index (χ0) is 11.3. The van der Waals surface area contributed by atoms with Gasteiger partial charge >= 0.3 is 0 Å². The molecular weight excluding hydrogens is 210 g/mol. The second-order valence-corrected chi connectivity index (χ2v) is 6.14. The molecule has 1 unspecified atom stereocenters. The number of aryl methyl sites for hydroxylation is 1. The maximum Gasteiger partial charge on any atom is 0.165 e. The normalized spacial score (nSPS) is 13.7. The molecule has 0 spiro atoms. The van der Waals surface area contributed by atoms with Crippen LogP contribution < -0.4 is 5.73 Å². The van der Waals surface area contributed by atoms with Gasteiger partial charge in [0.2, 0.25) is 0 Å². The van der Waals surface area contributed by atoms with Crippen LogP contribution in [-0.2, 0) is 16.3 Å². The molecule has 0 aliphatic heterocycles. The number of hydrogen-bond donors (Lipinski definition) is 1. The van der Waals surface area contributed by atoms with Crippen molar-refractivity contribution >= 4 is 9.84 Å². The lowest BCUT2D eigenvalue weighted by Gasteiger charge is -2.07. The predicted molar refractivity (Wildman–Crippen MR) is 62.2 cm³/mol. The average Bonchev–Trinajstić information content (AvgIpc) is 2.19. The van der Waals surface area contributed by atoms with Crippen molar-refractivity contribution in [3.05, 3.63) is 35.9 Å². The van der Waals surface area contributed by atoms with Gasteiger partial charge in [-0.1, -0.05) is 30.3 Å². The van der Waals surface area contributed by atoms with Crippen LogP contribution in [0.2, 0.25) is 0 Å². The van der Waals surface area contributed by atoms with Gasteiger partial charge in [0.1, 0.15) is 5.37 Å². The van der Waals surface area contributed by atoms with E-state index in [1.54, 1.807) is 0 Å². The summed E-state index contributed by atoms with van der Waals surface area (Å²) in [6.07, 6.45) is 1.42. The third-order valence-corrected chi connectivity index (χ3v) is 4.29. The maximum absolute atomic E-state index is 11.4. The molecule has 0 saturated heterocycles. The van der Waals surface area contributed by atoms with Gasteiger partial charge in [-0.25, -0.2) is 8.42 Å². The standard InChI is InChI=1S/C11H17NO2S/c1-10(12)15(13,14)9-5-8-11-6-3-2-4-7-11/h2-4,6-7,10H,5,8-9,12H2,1H3.